The first kappa shape index (κ1) is 13.0. The Kier molecular flexibility index (Phi) is 3.31. The number of benzene rings is 1. The minimum atomic E-state index is 0.530. The summed E-state index contributed by atoms with van der Waals surface area (Å²) in [6.45, 7) is 2.10. The van der Waals surface area contributed by atoms with Gasteiger partial charge in [0, 0.05) is 22.5 Å². The van der Waals surface area contributed by atoms with E-state index >= 15 is 0 Å². The summed E-state index contributed by atoms with van der Waals surface area (Å²) in [6.07, 6.45) is 3.27. The van der Waals surface area contributed by atoms with E-state index in [1.54, 1.807) is 0 Å². The molecule has 1 aromatic carbocycles. The first-order valence-electron chi connectivity index (χ1n) is 6.43. The zero-order valence-corrected chi connectivity index (χ0v) is 13.0. The Bertz CT molecular complexity index is 632. The van der Waals surface area contributed by atoms with Gasteiger partial charge in [0.25, 0.3) is 0 Å². The molecular formula is C14H15BrClN3. The largest absolute Gasteiger partial charge is 0.383 e. The lowest BCUT2D eigenvalue weighted by molar-refractivity contribution is 0.696. The predicted molar refractivity (Wildman–Crippen MR) is 82.4 cm³/mol. The van der Waals surface area contributed by atoms with E-state index in [9.17, 15) is 0 Å². The van der Waals surface area contributed by atoms with Crippen molar-refractivity contribution < 1.29 is 0 Å². The van der Waals surface area contributed by atoms with Gasteiger partial charge in [-0.3, -0.25) is 0 Å². The van der Waals surface area contributed by atoms with Gasteiger partial charge >= 0.3 is 0 Å². The molecule has 1 aliphatic rings. The molecular weight excluding hydrogens is 326 g/mol. The van der Waals surface area contributed by atoms with Crippen LogP contribution in [-0.4, -0.2) is 9.55 Å². The third-order valence-electron chi connectivity index (χ3n) is 3.43. The van der Waals surface area contributed by atoms with Crippen molar-refractivity contribution >= 4 is 33.3 Å². The lowest BCUT2D eigenvalue weighted by Gasteiger charge is -2.07. The number of rotatable bonds is 3. The van der Waals surface area contributed by atoms with Crippen LogP contribution in [0.25, 0.3) is 11.3 Å². The van der Waals surface area contributed by atoms with E-state index < -0.39 is 0 Å². The minimum absolute atomic E-state index is 0.530. The summed E-state index contributed by atoms with van der Waals surface area (Å²) in [5, 5.41) is 0.679. The van der Waals surface area contributed by atoms with Crippen LogP contribution in [0, 0.1) is 0 Å². The fourth-order valence-electron chi connectivity index (χ4n) is 2.36. The highest BCUT2D eigenvalue weighted by atomic mass is 79.9. The Hall–Kier alpha value is -1.00. The fraction of sp³-hybridized carbons (Fsp3) is 0.357. The molecule has 5 heteroatoms. The van der Waals surface area contributed by atoms with Gasteiger partial charge in [-0.05, 0) is 31.0 Å². The van der Waals surface area contributed by atoms with E-state index in [1.807, 2.05) is 18.2 Å². The van der Waals surface area contributed by atoms with Crippen LogP contribution in [0.1, 0.15) is 31.6 Å². The average molecular weight is 341 g/mol. The fourth-order valence-corrected chi connectivity index (χ4v) is 2.93. The Labute approximate surface area is 125 Å². The van der Waals surface area contributed by atoms with Crippen molar-refractivity contribution in [3.05, 3.63) is 33.5 Å². The van der Waals surface area contributed by atoms with Crippen molar-refractivity contribution in [1.82, 2.24) is 9.55 Å². The number of hydrogen-bond donors (Lipinski definition) is 1. The van der Waals surface area contributed by atoms with Gasteiger partial charge in [-0.1, -0.05) is 34.5 Å². The molecule has 1 heterocycles. The number of aromatic nitrogens is 2. The van der Waals surface area contributed by atoms with E-state index in [-0.39, 0.29) is 0 Å². The van der Waals surface area contributed by atoms with E-state index in [0.717, 1.165) is 33.8 Å². The zero-order valence-electron chi connectivity index (χ0n) is 10.7. The van der Waals surface area contributed by atoms with Gasteiger partial charge < -0.3 is 10.3 Å². The molecule has 2 N–H and O–H groups in total. The molecule has 0 aliphatic heterocycles. The van der Waals surface area contributed by atoms with Gasteiger partial charge in [0.1, 0.15) is 17.3 Å². The summed E-state index contributed by atoms with van der Waals surface area (Å²) >= 11 is 9.74. The zero-order chi connectivity index (χ0) is 13.6. The number of imidazole rings is 1. The number of nitrogens with two attached hydrogens (primary N) is 1. The maximum atomic E-state index is 6.30. The van der Waals surface area contributed by atoms with E-state index in [2.05, 4.69) is 27.4 Å². The summed E-state index contributed by atoms with van der Waals surface area (Å²) in [7, 11) is 0. The number of anilines is 1. The van der Waals surface area contributed by atoms with Crippen LogP contribution in [0.4, 0.5) is 5.82 Å². The summed E-state index contributed by atoms with van der Waals surface area (Å²) in [5.41, 5.74) is 7.99. The van der Waals surface area contributed by atoms with Crippen molar-refractivity contribution in [3.63, 3.8) is 0 Å². The second-order valence-corrected chi connectivity index (χ2v) is 6.16. The molecule has 1 aromatic heterocycles. The SMILES string of the molecule is CCc1nc(-c2cc(Br)ccc2Cl)c(N)n1C1CC1. The van der Waals surface area contributed by atoms with Gasteiger partial charge in [0.15, 0.2) is 0 Å². The van der Waals surface area contributed by atoms with Crippen molar-refractivity contribution in [1.29, 1.82) is 0 Å². The van der Waals surface area contributed by atoms with Gasteiger partial charge in [0.2, 0.25) is 0 Å². The molecule has 0 spiro atoms. The number of nitrogens with zero attached hydrogens (tertiary/aromatic N) is 2. The summed E-state index contributed by atoms with van der Waals surface area (Å²) in [5.74, 6) is 1.78. The molecule has 0 saturated heterocycles. The van der Waals surface area contributed by atoms with Gasteiger partial charge in [-0.25, -0.2) is 4.98 Å². The van der Waals surface area contributed by atoms with Gasteiger partial charge in [-0.15, -0.1) is 0 Å². The highest BCUT2D eigenvalue weighted by molar-refractivity contribution is 9.10. The van der Waals surface area contributed by atoms with Gasteiger partial charge in [0.05, 0.1) is 5.02 Å². The quantitative estimate of drug-likeness (QED) is 0.897. The highest BCUT2D eigenvalue weighted by Crippen LogP contribution is 2.42. The molecule has 1 saturated carbocycles. The molecule has 0 unspecified atom stereocenters. The standard InChI is InChI=1S/C14H15BrClN3/c1-2-12-18-13(14(17)19(12)9-4-5-9)10-7-8(15)3-6-11(10)16/h3,6-7,9H,2,4-5,17H2,1H3. The van der Waals surface area contributed by atoms with Crippen LogP contribution < -0.4 is 5.73 Å². The lowest BCUT2D eigenvalue weighted by Crippen LogP contribution is -2.04. The Morgan fingerprint density at radius 1 is 1.47 bits per heavy atom. The van der Waals surface area contributed by atoms with Crippen LogP contribution in [-0.2, 0) is 6.42 Å². The number of aryl methyl sites for hydroxylation is 1. The first-order chi connectivity index (χ1) is 9.11. The van der Waals surface area contributed by atoms with Crippen molar-refractivity contribution in [2.75, 3.05) is 5.73 Å². The van der Waals surface area contributed by atoms with Crippen LogP contribution in [0.5, 0.6) is 0 Å². The summed E-state index contributed by atoms with van der Waals surface area (Å²) in [4.78, 5) is 4.69. The second kappa shape index (κ2) is 4.84. The normalized spacial score (nSPS) is 14.9. The maximum absolute atomic E-state index is 6.30. The highest BCUT2D eigenvalue weighted by Gasteiger charge is 2.29. The molecule has 19 heavy (non-hydrogen) atoms. The maximum Gasteiger partial charge on any atom is 0.132 e. The average Bonchev–Trinajstić information content (AvgIpc) is 3.17. The molecule has 0 radical (unpaired) electrons. The molecule has 1 fully saturated rings. The number of hydrogen-bond acceptors (Lipinski definition) is 2. The first-order valence-corrected chi connectivity index (χ1v) is 7.61. The monoisotopic (exact) mass is 339 g/mol. The molecule has 1 aliphatic carbocycles. The molecule has 2 aromatic rings. The smallest absolute Gasteiger partial charge is 0.132 e. The number of halogens is 2. The molecule has 0 bridgehead atoms. The van der Waals surface area contributed by atoms with Crippen LogP contribution in [0.2, 0.25) is 5.02 Å². The topological polar surface area (TPSA) is 43.8 Å². The molecule has 100 valence electrons. The minimum Gasteiger partial charge on any atom is -0.383 e. The van der Waals surface area contributed by atoms with Gasteiger partial charge in [-0.2, -0.15) is 0 Å². The Balaban J connectivity index is 2.17. The molecule has 0 amide bonds. The Morgan fingerprint density at radius 2 is 2.21 bits per heavy atom. The third kappa shape index (κ3) is 2.28. The predicted octanol–water partition coefficient (Wildman–Crippen LogP) is 4.45. The van der Waals surface area contributed by atoms with E-state index in [1.165, 1.54) is 12.8 Å². The Morgan fingerprint density at radius 3 is 2.84 bits per heavy atom. The second-order valence-electron chi connectivity index (χ2n) is 4.84. The van der Waals surface area contributed by atoms with Crippen molar-refractivity contribution in [2.24, 2.45) is 0 Å². The van der Waals surface area contributed by atoms with E-state index in [0.29, 0.717) is 11.1 Å². The van der Waals surface area contributed by atoms with E-state index in [4.69, 9.17) is 22.3 Å². The summed E-state index contributed by atoms with van der Waals surface area (Å²) in [6, 6.07) is 6.28. The molecule has 0 atom stereocenters. The molecule has 3 rings (SSSR count). The molecule has 3 nitrogen and oxygen atoms in total. The summed E-state index contributed by atoms with van der Waals surface area (Å²) < 4.78 is 3.15. The van der Waals surface area contributed by atoms with Crippen molar-refractivity contribution in [3.8, 4) is 11.3 Å². The van der Waals surface area contributed by atoms with Crippen LogP contribution >= 0.6 is 27.5 Å². The lowest BCUT2D eigenvalue weighted by atomic mass is 10.1. The number of nitrogen functional groups attached to an aromatic ring is 1. The van der Waals surface area contributed by atoms with Crippen LogP contribution in [0.15, 0.2) is 22.7 Å². The van der Waals surface area contributed by atoms with Crippen molar-refractivity contribution in [2.45, 2.75) is 32.2 Å². The van der Waals surface area contributed by atoms with Crippen LogP contribution in [0.3, 0.4) is 0 Å². The third-order valence-corrected chi connectivity index (χ3v) is 4.26.